The normalized spacial score (nSPS) is 19.9. The Hall–Kier alpha value is -1.06. The highest BCUT2D eigenvalue weighted by molar-refractivity contribution is 5.85. The Morgan fingerprint density at radius 3 is 2.89 bits per heavy atom. The molecular formula is C15H23ClN2O. The van der Waals surface area contributed by atoms with Gasteiger partial charge in [0.25, 0.3) is 0 Å². The highest BCUT2D eigenvalue weighted by Crippen LogP contribution is 2.33. The molecule has 2 N–H and O–H groups in total. The first-order chi connectivity index (χ1) is 8.63. The number of nitrogens with zero attached hydrogens (tertiary/aromatic N) is 1. The molecule has 0 radical (unpaired) electrons. The van der Waals surface area contributed by atoms with E-state index < -0.39 is 0 Å². The van der Waals surface area contributed by atoms with Crippen LogP contribution in [-0.4, -0.2) is 23.9 Å². The Labute approximate surface area is 121 Å². The highest BCUT2D eigenvalue weighted by atomic mass is 35.5. The number of halogens is 1. The van der Waals surface area contributed by atoms with Crippen LogP contribution in [0.2, 0.25) is 0 Å². The van der Waals surface area contributed by atoms with E-state index >= 15 is 0 Å². The van der Waals surface area contributed by atoms with Crippen molar-refractivity contribution in [2.24, 2.45) is 11.7 Å². The van der Waals surface area contributed by atoms with Crippen molar-refractivity contribution in [2.75, 3.05) is 13.1 Å². The molecule has 3 nitrogen and oxygen atoms in total. The molecule has 1 aliphatic rings. The van der Waals surface area contributed by atoms with Crippen LogP contribution >= 0.6 is 12.4 Å². The van der Waals surface area contributed by atoms with Crippen LogP contribution in [0.15, 0.2) is 24.3 Å². The molecule has 106 valence electrons. The van der Waals surface area contributed by atoms with Crippen molar-refractivity contribution in [3.05, 3.63) is 35.4 Å². The molecule has 0 spiro atoms. The van der Waals surface area contributed by atoms with Crippen LogP contribution in [0.3, 0.4) is 0 Å². The van der Waals surface area contributed by atoms with Gasteiger partial charge in [-0.2, -0.15) is 0 Å². The Morgan fingerprint density at radius 1 is 1.53 bits per heavy atom. The number of likely N-dealkylation sites (tertiary alicyclic amines) is 1. The van der Waals surface area contributed by atoms with Gasteiger partial charge in [-0.15, -0.1) is 12.4 Å². The third-order valence-electron chi connectivity index (χ3n) is 3.74. The fourth-order valence-electron chi connectivity index (χ4n) is 2.64. The summed E-state index contributed by atoms with van der Waals surface area (Å²) >= 11 is 0. The van der Waals surface area contributed by atoms with Crippen molar-refractivity contribution in [3.8, 4) is 0 Å². The van der Waals surface area contributed by atoms with Gasteiger partial charge < -0.3 is 10.6 Å². The number of benzene rings is 1. The Bertz CT molecular complexity index is 436. The largest absolute Gasteiger partial charge is 0.335 e. The second kappa shape index (κ2) is 6.92. The summed E-state index contributed by atoms with van der Waals surface area (Å²) < 4.78 is 0. The average Bonchev–Trinajstić information content (AvgIpc) is 2.86. The maximum absolute atomic E-state index is 12.3. The molecule has 1 amide bonds. The molecule has 0 aliphatic carbocycles. The molecule has 1 heterocycles. The third kappa shape index (κ3) is 3.48. The van der Waals surface area contributed by atoms with Gasteiger partial charge in [-0.1, -0.05) is 36.8 Å². The predicted octanol–water partition coefficient (Wildman–Crippen LogP) is 2.68. The van der Waals surface area contributed by atoms with Gasteiger partial charge in [0, 0.05) is 19.0 Å². The van der Waals surface area contributed by atoms with Gasteiger partial charge in [0.2, 0.25) is 5.91 Å². The molecule has 1 aliphatic heterocycles. The molecule has 19 heavy (non-hydrogen) atoms. The molecule has 4 heteroatoms. The number of carbonyl (C=O) groups excluding carboxylic acids is 1. The lowest BCUT2D eigenvalue weighted by molar-refractivity contribution is -0.135. The van der Waals surface area contributed by atoms with Crippen molar-refractivity contribution in [1.82, 2.24) is 4.90 Å². The van der Waals surface area contributed by atoms with Crippen LogP contribution in [0.4, 0.5) is 0 Å². The van der Waals surface area contributed by atoms with Crippen molar-refractivity contribution in [3.63, 3.8) is 0 Å². The topological polar surface area (TPSA) is 46.3 Å². The van der Waals surface area contributed by atoms with Crippen molar-refractivity contribution in [2.45, 2.75) is 32.7 Å². The van der Waals surface area contributed by atoms with Gasteiger partial charge >= 0.3 is 0 Å². The molecule has 0 aromatic heterocycles. The van der Waals surface area contributed by atoms with Crippen LogP contribution in [0.25, 0.3) is 0 Å². The van der Waals surface area contributed by atoms with Gasteiger partial charge in [0.15, 0.2) is 0 Å². The Balaban J connectivity index is 0.00000180. The SMILES string of the molecule is Cc1cccc(C2CCCN2C(=O)C(C)CN)c1.Cl. The minimum Gasteiger partial charge on any atom is -0.335 e. The standard InChI is InChI=1S/C15H22N2O.ClH/c1-11-5-3-6-13(9-11)14-7-4-8-17(14)15(18)12(2)10-16;/h3,5-6,9,12,14H,4,7-8,10,16H2,1-2H3;1H. The zero-order valence-corrected chi connectivity index (χ0v) is 12.5. The third-order valence-corrected chi connectivity index (χ3v) is 3.74. The summed E-state index contributed by atoms with van der Waals surface area (Å²) in [6.45, 7) is 5.29. The van der Waals surface area contributed by atoms with Crippen molar-refractivity contribution < 1.29 is 4.79 Å². The molecule has 0 bridgehead atoms. The summed E-state index contributed by atoms with van der Waals surface area (Å²) in [5.74, 6) is 0.122. The number of amides is 1. The van der Waals surface area contributed by atoms with Gasteiger partial charge in [0.05, 0.1) is 6.04 Å². The Morgan fingerprint density at radius 2 is 2.26 bits per heavy atom. The summed E-state index contributed by atoms with van der Waals surface area (Å²) in [6, 6.07) is 8.71. The summed E-state index contributed by atoms with van der Waals surface area (Å²) in [5, 5.41) is 0. The van der Waals surface area contributed by atoms with E-state index in [1.165, 1.54) is 11.1 Å². The molecule has 1 saturated heterocycles. The maximum Gasteiger partial charge on any atom is 0.227 e. The summed E-state index contributed by atoms with van der Waals surface area (Å²) in [6.07, 6.45) is 2.15. The molecule has 0 saturated carbocycles. The van der Waals surface area contributed by atoms with Gasteiger partial charge in [-0.3, -0.25) is 4.79 Å². The molecule has 1 fully saturated rings. The smallest absolute Gasteiger partial charge is 0.227 e. The van der Waals surface area contributed by atoms with Crippen molar-refractivity contribution >= 4 is 18.3 Å². The van der Waals surface area contributed by atoms with E-state index in [-0.39, 0.29) is 30.3 Å². The molecule has 1 aromatic carbocycles. The fourth-order valence-corrected chi connectivity index (χ4v) is 2.64. The molecular weight excluding hydrogens is 260 g/mol. The number of nitrogens with two attached hydrogens (primary N) is 1. The van der Waals surface area contributed by atoms with Gasteiger partial charge in [-0.25, -0.2) is 0 Å². The highest BCUT2D eigenvalue weighted by Gasteiger charge is 2.31. The lowest BCUT2D eigenvalue weighted by Gasteiger charge is -2.27. The van der Waals surface area contributed by atoms with E-state index in [9.17, 15) is 4.79 Å². The van der Waals surface area contributed by atoms with Gasteiger partial charge in [0.1, 0.15) is 0 Å². The summed E-state index contributed by atoms with van der Waals surface area (Å²) in [5.41, 5.74) is 8.10. The number of carbonyl (C=O) groups is 1. The first-order valence-corrected chi connectivity index (χ1v) is 6.70. The van der Waals surface area contributed by atoms with E-state index in [1.54, 1.807) is 0 Å². The van der Waals surface area contributed by atoms with Crippen LogP contribution in [0, 0.1) is 12.8 Å². The van der Waals surface area contributed by atoms with E-state index in [0.29, 0.717) is 6.54 Å². The summed E-state index contributed by atoms with van der Waals surface area (Å²) in [7, 11) is 0. The van der Waals surface area contributed by atoms with E-state index in [0.717, 1.165) is 19.4 Å². The van der Waals surface area contributed by atoms with Gasteiger partial charge in [-0.05, 0) is 25.3 Å². The van der Waals surface area contributed by atoms with Crippen LogP contribution < -0.4 is 5.73 Å². The number of rotatable bonds is 3. The Kier molecular flexibility index (Phi) is 5.83. The van der Waals surface area contributed by atoms with Crippen molar-refractivity contribution in [1.29, 1.82) is 0 Å². The molecule has 2 unspecified atom stereocenters. The van der Waals surface area contributed by atoms with Crippen LogP contribution in [-0.2, 0) is 4.79 Å². The lowest BCUT2D eigenvalue weighted by Crippen LogP contribution is -2.37. The minimum atomic E-state index is -0.0737. The average molecular weight is 283 g/mol. The van der Waals surface area contributed by atoms with E-state index in [2.05, 4.69) is 31.2 Å². The number of hydrogen-bond acceptors (Lipinski definition) is 2. The predicted molar refractivity (Wildman–Crippen MR) is 80.3 cm³/mol. The first kappa shape index (κ1) is 16.0. The lowest BCUT2D eigenvalue weighted by atomic mass is 10.0. The zero-order chi connectivity index (χ0) is 13.1. The van der Waals surface area contributed by atoms with Crippen LogP contribution in [0.5, 0.6) is 0 Å². The second-order valence-corrected chi connectivity index (χ2v) is 5.24. The molecule has 2 atom stereocenters. The molecule has 2 rings (SSSR count). The fraction of sp³-hybridized carbons (Fsp3) is 0.533. The summed E-state index contributed by atoms with van der Waals surface area (Å²) in [4.78, 5) is 14.3. The van der Waals surface area contributed by atoms with E-state index in [4.69, 9.17) is 5.73 Å². The number of hydrogen-bond donors (Lipinski definition) is 1. The van der Waals surface area contributed by atoms with E-state index in [1.807, 2.05) is 11.8 Å². The second-order valence-electron chi connectivity index (χ2n) is 5.24. The monoisotopic (exact) mass is 282 g/mol. The minimum absolute atomic E-state index is 0. The maximum atomic E-state index is 12.3. The van der Waals surface area contributed by atoms with Crippen LogP contribution in [0.1, 0.15) is 36.9 Å². The number of aryl methyl sites for hydroxylation is 1. The quantitative estimate of drug-likeness (QED) is 0.926. The first-order valence-electron chi connectivity index (χ1n) is 6.70. The molecule has 1 aromatic rings. The zero-order valence-electron chi connectivity index (χ0n) is 11.6.